The third-order valence-electron chi connectivity index (χ3n) is 1.72. The summed E-state index contributed by atoms with van der Waals surface area (Å²) in [6, 6.07) is 5.12. The number of benzene rings is 1. The summed E-state index contributed by atoms with van der Waals surface area (Å²) in [6.07, 6.45) is 4.63. The molecule has 1 aromatic carbocycles. The predicted octanol–water partition coefficient (Wildman–Crippen LogP) is 1.63. The van der Waals surface area contributed by atoms with Crippen molar-refractivity contribution in [3.8, 4) is 5.75 Å². The van der Waals surface area contributed by atoms with Crippen LogP contribution in [-0.2, 0) is 0 Å². The zero-order valence-corrected chi connectivity index (χ0v) is 9.16. The number of hydrogen-bond acceptors (Lipinski definition) is 4. The van der Waals surface area contributed by atoms with Crippen molar-refractivity contribution < 1.29 is 5.11 Å². The molecule has 0 bridgehead atoms. The quantitative estimate of drug-likeness (QED) is 0.841. The van der Waals surface area contributed by atoms with E-state index in [9.17, 15) is 5.11 Å². The van der Waals surface area contributed by atoms with Gasteiger partial charge < -0.3 is 5.11 Å². The Morgan fingerprint density at radius 2 is 2.07 bits per heavy atom. The highest BCUT2D eigenvalue weighted by atomic mass is 79.9. The molecular weight excluding hydrogens is 260 g/mol. The summed E-state index contributed by atoms with van der Waals surface area (Å²) in [5.74, 6) is 0.205. The van der Waals surface area contributed by atoms with Crippen molar-refractivity contribution in [2.24, 2.45) is 5.10 Å². The minimum Gasteiger partial charge on any atom is -0.507 e. The van der Waals surface area contributed by atoms with Gasteiger partial charge in [-0.25, -0.2) is 4.68 Å². The van der Waals surface area contributed by atoms with Gasteiger partial charge in [0, 0.05) is 0 Å². The molecular formula is C9H7BrN4O. The number of halogens is 1. The van der Waals surface area contributed by atoms with Crippen molar-refractivity contribution in [1.82, 2.24) is 14.9 Å². The highest BCUT2D eigenvalue weighted by Crippen LogP contribution is 2.23. The standard InChI is InChI=1S/C9H7BrN4O/c10-8-3-7(1-2-9(8)15)4-13-14-5-11-12-6-14/h1-6,15H/b13-4+. The molecule has 0 spiro atoms. The van der Waals surface area contributed by atoms with Crippen LogP contribution in [-0.4, -0.2) is 26.2 Å². The van der Waals surface area contributed by atoms with E-state index in [2.05, 4.69) is 31.2 Å². The van der Waals surface area contributed by atoms with Gasteiger partial charge in [0.25, 0.3) is 0 Å². The molecule has 1 N–H and O–H groups in total. The number of hydrogen-bond donors (Lipinski definition) is 1. The maximum absolute atomic E-state index is 9.28. The largest absolute Gasteiger partial charge is 0.507 e. The Bertz CT molecular complexity index is 481. The van der Waals surface area contributed by atoms with Gasteiger partial charge in [0.05, 0.1) is 10.7 Å². The topological polar surface area (TPSA) is 63.3 Å². The van der Waals surface area contributed by atoms with E-state index in [1.165, 1.54) is 17.3 Å². The fourth-order valence-electron chi connectivity index (χ4n) is 0.992. The van der Waals surface area contributed by atoms with E-state index >= 15 is 0 Å². The van der Waals surface area contributed by atoms with Crippen LogP contribution in [0.4, 0.5) is 0 Å². The molecule has 5 nitrogen and oxygen atoms in total. The molecule has 2 aromatic rings. The maximum Gasteiger partial charge on any atom is 0.141 e. The van der Waals surface area contributed by atoms with Gasteiger partial charge in [-0.15, -0.1) is 10.2 Å². The van der Waals surface area contributed by atoms with Gasteiger partial charge in [-0.3, -0.25) is 0 Å². The molecule has 0 unspecified atom stereocenters. The van der Waals surface area contributed by atoms with E-state index < -0.39 is 0 Å². The number of aromatic hydroxyl groups is 1. The van der Waals surface area contributed by atoms with Crippen LogP contribution in [0, 0.1) is 0 Å². The zero-order chi connectivity index (χ0) is 10.7. The number of nitrogens with zero attached hydrogens (tertiary/aromatic N) is 4. The second kappa shape index (κ2) is 4.22. The number of phenols is 1. The molecule has 0 saturated carbocycles. The predicted molar refractivity (Wildman–Crippen MR) is 58.8 cm³/mol. The molecule has 15 heavy (non-hydrogen) atoms. The summed E-state index contributed by atoms with van der Waals surface area (Å²) in [5, 5.41) is 20.6. The molecule has 0 aliphatic rings. The Kier molecular flexibility index (Phi) is 2.77. The highest BCUT2D eigenvalue weighted by Gasteiger charge is 1.97. The molecule has 1 aromatic heterocycles. The normalized spacial score (nSPS) is 11.0. The van der Waals surface area contributed by atoms with Gasteiger partial charge in [-0.2, -0.15) is 5.10 Å². The maximum atomic E-state index is 9.28. The van der Waals surface area contributed by atoms with Crippen LogP contribution in [0.2, 0.25) is 0 Å². The summed E-state index contributed by atoms with van der Waals surface area (Å²) in [4.78, 5) is 0. The van der Waals surface area contributed by atoms with E-state index in [0.717, 1.165) is 5.56 Å². The SMILES string of the molecule is Oc1ccc(/C=N/n2cnnc2)cc1Br. The Balaban J connectivity index is 2.21. The molecule has 0 amide bonds. The number of aromatic nitrogens is 3. The molecule has 0 fully saturated rings. The molecule has 0 atom stereocenters. The van der Waals surface area contributed by atoms with Gasteiger partial charge >= 0.3 is 0 Å². The Hall–Kier alpha value is -1.69. The Morgan fingerprint density at radius 3 is 2.73 bits per heavy atom. The summed E-state index contributed by atoms with van der Waals surface area (Å²) < 4.78 is 2.12. The summed E-state index contributed by atoms with van der Waals surface area (Å²) in [5.41, 5.74) is 0.869. The second-order valence-electron chi connectivity index (χ2n) is 2.80. The molecule has 2 rings (SSSR count). The first-order valence-electron chi connectivity index (χ1n) is 4.13. The van der Waals surface area contributed by atoms with Crippen LogP contribution >= 0.6 is 15.9 Å². The van der Waals surface area contributed by atoms with E-state index in [-0.39, 0.29) is 5.75 Å². The lowest BCUT2D eigenvalue weighted by Crippen LogP contribution is -1.87. The van der Waals surface area contributed by atoms with Gasteiger partial charge in [-0.1, -0.05) is 0 Å². The average molecular weight is 267 g/mol. The number of phenolic OH excluding ortho intramolecular Hbond substituents is 1. The second-order valence-corrected chi connectivity index (χ2v) is 3.65. The molecule has 1 heterocycles. The highest BCUT2D eigenvalue weighted by molar-refractivity contribution is 9.10. The first kappa shape index (κ1) is 9.85. The van der Waals surface area contributed by atoms with Crippen LogP contribution in [0.15, 0.2) is 40.4 Å². The molecule has 0 radical (unpaired) electrons. The average Bonchev–Trinajstić information content (AvgIpc) is 2.73. The molecule has 76 valence electrons. The van der Waals surface area contributed by atoms with Crippen LogP contribution in [0.1, 0.15) is 5.56 Å². The summed E-state index contributed by atoms with van der Waals surface area (Å²) in [7, 11) is 0. The van der Waals surface area contributed by atoms with E-state index in [4.69, 9.17) is 0 Å². The van der Waals surface area contributed by atoms with Gasteiger partial charge in [0.15, 0.2) is 0 Å². The fourth-order valence-corrected chi connectivity index (χ4v) is 1.39. The van der Waals surface area contributed by atoms with E-state index in [1.807, 2.05) is 0 Å². The minimum atomic E-state index is 0.205. The third kappa shape index (κ3) is 2.41. The molecule has 0 aliphatic heterocycles. The summed E-state index contributed by atoms with van der Waals surface area (Å²) in [6.45, 7) is 0. The van der Waals surface area contributed by atoms with E-state index in [1.54, 1.807) is 24.4 Å². The molecule has 0 saturated heterocycles. The van der Waals surface area contributed by atoms with Crippen molar-refractivity contribution in [2.75, 3.05) is 0 Å². The van der Waals surface area contributed by atoms with Crippen LogP contribution in [0.25, 0.3) is 0 Å². The van der Waals surface area contributed by atoms with Crippen molar-refractivity contribution in [1.29, 1.82) is 0 Å². The minimum absolute atomic E-state index is 0.205. The molecule has 0 aliphatic carbocycles. The number of rotatable bonds is 2. The lowest BCUT2D eigenvalue weighted by Gasteiger charge is -1.97. The smallest absolute Gasteiger partial charge is 0.141 e. The first-order valence-corrected chi connectivity index (χ1v) is 4.92. The van der Waals surface area contributed by atoms with Gasteiger partial charge in [0.2, 0.25) is 0 Å². The van der Waals surface area contributed by atoms with Crippen LogP contribution < -0.4 is 0 Å². The van der Waals surface area contributed by atoms with Crippen molar-refractivity contribution in [3.63, 3.8) is 0 Å². The Morgan fingerprint density at radius 1 is 1.33 bits per heavy atom. The molecule has 6 heteroatoms. The van der Waals surface area contributed by atoms with Crippen molar-refractivity contribution in [2.45, 2.75) is 0 Å². The fraction of sp³-hybridized carbons (Fsp3) is 0. The van der Waals surface area contributed by atoms with Crippen molar-refractivity contribution >= 4 is 22.1 Å². The lowest BCUT2D eigenvalue weighted by molar-refractivity contribution is 0.472. The monoisotopic (exact) mass is 266 g/mol. The third-order valence-corrected chi connectivity index (χ3v) is 2.35. The van der Waals surface area contributed by atoms with Crippen molar-refractivity contribution in [3.05, 3.63) is 40.9 Å². The van der Waals surface area contributed by atoms with Crippen LogP contribution in [0.5, 0.6) is 5.75 Å². The lowest BCUT2D eigenvalue weighted by atomic mass is 10.2. The van der Waals surface area contributed by atoms with E-state index in [0.29, 0.717) is 4.47 Å². The first-order chi connectivity index (χ1) is 7.25. The zero-order valence-electron chi connectivity index (χ0n) is 7.58. The van der Waals surface area contributed by atoms with Crippen LogP contribution in [0.3, 0.4) is 0 Å². The van der Waals surface area contributed by atoms with Gasteiger partial charge in [0.1, 0.15) is 18.4 Å². The summed E-state index contributed by atoms with van der Waals surface area (Å²) >= 11 is 3.22. The Labute approximate surface area is 94.2 Å². The van der Waals surface area contributed by atoms with Gasteiger partial charge in [-0.05, 0) is 39.7 Å².